The molecule has 1 amide bonds. The molecular weight excluding hydrogens is 358 g/mol. The maximum Gasteiger partial charge on any atom is 0.410 e. The van der Waals surface area contributed by atoms with E-state index in [1.165, 1.54) is 5.56 Å². The number of carbonyl (C=O) groups excluding carboxylic acids is 1. The molecule has 0 bridgehead atoms. The molecule has 0 saturated carbocycles. The van der Waals surface area contributed by atoms with E-state index in [4.69, 9.17) is 4.74 Å². The first-order chi connectivity index (χ1) is 10.7. The van der Waals surface area contributed by atoms with Gasteiger partial charge in [0.2, 0.25) is 0 Å². The summed E-state index contributed by atoms with van der Waals surface area (Å²) in [5, 5.41) is 0. The van der Waals surface area contributed by atoms with Crippen LogP contribution in [0.25, 0.3) is 0 Å². The SMILES string of the molecule is CN(Cc1ccnc(Br)c1)C1CCN(C(=O)OC(C)(C)C)CC1. The lowest BCUT2D eigenvalue weighted by Crippen LogP contribution is -2.46. The van der Waals surface area contributed by atoms with Gasteiger partial charge in [-0.15, -0.1) is 0 Å². The molecule has 128 valence electrons. The average molecular weight is 384 g/mol. The smallest absolute Gasteiger partial charge is 0.410 e. The van der Waals surface area contributed by atoms with Crippen molar-refractivity contribution in [2.75, 3.05) is 20.1 Å². The lowest BCUT2D eigenvalue weighted by molar-refractivity contribution is 0.0153. The van der Waals surface area contributed by atoms with Crippen LogP contribution in [0, 0.1) is 0 Å². The van der Waals surface area contributed by atoms with Crippen LogP contribution in [0.2, 0.25) is 0 Å². The number of nitrogens with zero attached hydrogens (tertiary/aromatic N) is 3. The Morgan fingerprint density at radius 2 is 2.09 bits per heavy atom. The molecule has 0 atom stereocenters. The van der Waals surface area contributed by atoms with E-state index in [0.717, 1.165) is 37.1 Å². The van der Waals surface area contributed by atoms with Gasteiger partial charge in [0.1, 0.15) is 10.2 Å². The van der Waals surface area contributed by atoms with Crippen LogP contribution < -0.4 is 0 Å². The average Bonchev–Trinajstić information content (AvgIpc) is 2.45. The fraction of sp³-hybridized carbons (Fsp3) is 0.647. The highest BCUT2D eigenvalue weighted by Crippen LogP contribution is 2.20. The highest BCUT2D eigenvalue weighted by Gasteiger charge is 2.28. The third-order valence-corrected chi connectivity index (χ3v) is 4.40. The molecule has 2 heterocycles. The third kappa shape index (κ3) is 5.77. The minimum atomic E-state index is -0.431. The minimum Gasteiger partial charge on any atom is -0.444 e. The van der Waals surface area contributed by atoms with Crippen LogP contribution in [-0.2, 0) is 11.3 Å². The number of hydrogen-bond acceptors (Lipinski definition) is 4. The van der Waals surface area contributed by atoms with Gasteiger partial charge < -0.3 is 9.64 Å². The molecule has 6 heteroatoms. The zero-order valence-corrected chi connectivity index (χ0v) is 16.0. The zero-order chi connectivity index (χ0) is 17.0. The number of piperidine rings is 1. The van der Waals surface area contributed by atoms with Crippen molar-refractivity contribution in [3.05, 3.63) is 28.5 Å². The van der Waals surface area contributed by atoms with E-state index in [0.29, 0.717) is 6.04 Å². The van der Waals surface area contributed by atoms with Crippen molar-refractivity contribution in [1.29, 1.82) is 0 Å². The maximum atomic E-state index is 12.1. The molecule has 5 nitrogen and oxygen atoms in total. The Hall–Kier alpha value is -1.14. The number of ether oxygens (including phenoxy) is 1. The molecule has 1 aliphatic heterocycles. The Balaban J connectivity index is 1.83. The number of hydrogen-bond donors (Lipinski definition) is 0. The van der Waals surface area contributed by atoms with E-state index < -0.39 is 5.60 Å². The topological polar surface area (TPSA) is 45.7 Å². The molecule has 0 radical (unpaired) electrons. The van der Waals surface area contributed by atoms with Gasteiger partial charge in [0.05, 0.1) is 0 Å². The van der Waals surface area contributed by atoms with Crippen molar-refractivity contribution in [1.82, 2.24) is 14.8 Å². The molecule has 1 fully saturated rings. The van der Waals surface area contributed by atoms with E-state index in [9.17, 15) is 4.79 Å². The van der Waals surface area contributed by atoms with Crippen molar-refractivity contribution < 1.29 is 9.53 Å². The molecule has 0 aromatic carbocycles. The zero-order valence-electron chi connectivity index (χ0n) is 14.4. The Labute approximate surface area is 147 Å². The minimum absolute atomic E-state index is 0.198. The predicted octanol–water partition coefficient (Wildman–Crippen LogP) is 3.68. The van der Waals surface area contributed by atoms with Gasteiger partial charge in [-0.05, 0) is 74.3 Å². The molecule has 0 aliphatic carbocycles. The summed E-state index contributed by atoms with van der Waals surface area (Å²) in [7, 11) is 2.14. The summed E-state index contributed by atoms with van der Waals surface area (Å²) in [5.41, 5.74) is 0.809. The normalized spacial score (nSPS) is 16.7. The molecule has 2 rings (SSSR count). The summed E-state index contributed by atoms with van der Waals surface area (Å²) < 4.78 is 6.31. The molecule has 23 heavy (non-hydrogen) atoms. The quantitative estimate of drug-likeness (QED) is 0.746. The fourth-order valence-electron chi connectivity index (χ4n) is 2.77. The van der Waals surface area contributed by atoms with Gasteiger partial charge in [0, 0.05) is 31.9 Å². The first kappa shape index (κ1) is 18.2. The number of aromatic nitrogens is 1. The number of amides is 1. The van der Waals surface area contributed by atoms with Crippen molar-refractivity contribution in [3.63, 3.8) is 0 Å². The second-order valence-electron chi connectivity index (χ2n) is 7.10. The van der Waals surface area contributed by atoms with Crippen LogP contribution in [0.15, 0.2) is 22.9 Å². The van der Waals surface area contributed by atoms with Gasteiger partial charge in [-0.1, -0.05) is 0 Å². The van der Waals surface area contributed by atoms with Crippen LogP contribution in [0.3, 0.4) is 0 Å². The van der Waals surface area contributed by atoms with Gasteiger partial charge in [-0.25, -0.2) is 9.78 Å². The molecule has 0 unspecified atom stereocenters. The lowest BCUT2D eigenvalue weighted by Gasteiger charge is -2.37. The van der Waals surface area contributed by atoms with Crippen molar-refractivity contribution in [2.45, 2.75) is 51.8 Å². The van der Waals surface area contributed by atoms with Crippen LogP contribution >= 0.6 is 15.9 Å². The molecular formula is C17H26BrN3O2. The number of halogens is 1. The molecule has 0 spiro atoms. The summed E-state index contributed by atoms with van der Waals surface area (Å²) in [6.45, 7) is 8.10. The Morgan fingerprint density at radius 3 is 2.65 bits per heavy atom. The summed E-state index contributed by atoms with van der Waals surface area (Å²) in [6, 6.07) is 4.57. The van der Waals surface area contributed by atoms with Gasteiger partial charge in [-0.2, -0.15) is 0 Å². The monoisotopic (exact) mass is 383 g/mol. The summed E-state index contributed by atoms with van der Waals surface area (Å²) >= 11 is 3.41. The molecule has 1 saturated heterocycles. The van der Waals surface area contributed by atoms with Crippen molar-refractivity contribution in [3.8, 4) is 0 Å². The number of likely N-dealkylation sites (tertiary alicyclic amines) is 1. The Bertz CT molecular complexity index is 537. The van der Waals surface area contributed by atoms with Crippen molar-refractivity contribution >= 4 is 22.0 Å². The lowest BCUT2D eigenvalue weighted by atomic mass is 10.0. The van der Waals surface area contributed by atoms with E-state index in [1.54, 1.807) is 0 Å². The summed E-state index contributed by atoms with van der Waals surface area (Å²) in [4.78, 5) is 20.4. The first-order valence-electron chi connectivity index (χ1n) is 8.03. The van der Waals surface area contributed by atoms with Crippen molar-refractivity contribution in [2.24, 2.45) is 0 Å². The Morgan fingerprint density at radius 1 is 1.43 bits per heavy atom. The molecule has 1 aromatic heterocycles. The largest absolute Gasteiger partial charge is 0.444 e. The molecule has 1 aromatic rings. The third-order valence-electron chi connectivity index (χ3n) is 3.96. The van der Waals surface area contributed by atoms with E-state index >= 15 is 0 Å². The van der Waals surface area contributed by atoms with Gasteiger partial charge in [-0.3, -0.25) is 4.90 Å². The van der Waals surface area contributed by atoms with E-state index in [2.05, 4.69) is 32.9 Å². The Kier molecular flexibility index (Phi) is 6.03. The molecule has 1 aliphatic rings. The van der Waals surface area contributed by atoms with Crippen LogP contribution in [0.4, 0.5) is 4.79 Å². The van der Waals surface area contributed by atoms with Gasteiger partial charge >= 0.3 is 6.09 Å². The second-order valence-corrected chi connectivity index (χ2v) is 7.91. The highest BCUT2D eigenvalue weighted by molar-refractivity contribution is 9.10. The second kappa shape index (κ2) is 7.62. The van der Waals surface area contributed by atoms with Gasteiger partial charge in [0.25, 0.3) is 0 Å². The summed E-state index contributed by atoms with van der Waals surface area (Å²) in [5.74, 6) is 0. The first-order valence-corrected chi connectivity index (χ1v) is 8.82. The maximum absolute atomic E-state index is 12.1. The van der Waals surface area contributed by atoms with Crippen LogP contribution in [0.5, 0.6) is 0 Å². The van der Waals surface area contributed by atoms with Gasteiger partial charge in [0.15, 0.2) is 0 Å². The highest BCUT2D eigenvalue weighted by atomic mass is 79.9. The summed E-state index contributed by atoms with van der Waals surface area (Å²) in [6.07, 6.45) is 3.57. The molecule has 0 N–H and O–H groups in total. The fourth-order valence-corrected chi connectivity index (χ4v) is 3.19. The van der Waals surface area contributed by atoms with E-state index in [-0.39, 0.29) is 6.09 Å². The predicted molar refractivity (Wildman–Crippen MR) is 94.2 cm³/mol. The number of pyridine rings is 1. The van der Waals surface area contributed by atoms with Crippen LogP contribution in [0.1, 0.15) is 39.2 Å². The number of carbonyl (C=O) groups is 1. The number of rotatable bonds is 3. The standard InChI is InChI=1S/C17H26BrN3O2/c1-17(2,3)23-16(22)21-9-6-14(7-10-21)20(4)12-13-5-8-19-15(18)11-13/h5,8,11,14H,6-7,9-10,12H2,1-4H3. The van der Waals surface area contributed by atoms with Crippen LogP contribution in [-0.4, -0.2) is 52.7 Å². The van der Waals surface area contributed by atoms with E-state index in [1.807, 2.05) is 44.0 Å².